The molecule has 0 spiro atoms. The van der Waals surface area contributed by atoms with Gasteiger partial charge in [-0.05, 0) is 55.5 Å². The van der Waals surface area contributed by atoms with Gasteiger partial charge in [0.1, 0.15) is 10.8 Å². The minimum absolute atomic E-state index is 0.0940. The first-order valence-corrected chi connectivity index (χ1v) is 10.0. The summed E-state index contributed by atoms with van der Waals surface area (Å²) in [5.74, 6) is 0.108. The molecule has 3 rings (SSSR count). The van der Waals surface area contributed by atoms with E-state index in [1.165, 1.54) is 18.2 Å². The van der Waals surface area contributed by atoms with Gasteiger partial charge in [0.15, 0.2) is 0 Å². The van der Waals surface area contributed by atoms with Gasteiger partial charge >= 0.3 is 6.18 Å². The second-order valence-electron chi connectivity index (χ2n) is 6.09. The maximum Gasteiger partial charge on any atom is 0.418 e. The lowest BCUT2D eigenvalue weighted by Gasteiger charge is -2.13. The number of carbonyl (C=O) groups excluding carboxylic acids is 1. The molecule has 0 atom stereocenters. The van der Waals surface area contributed by atoms with Crippen molar-refractivity contribution in [1.82, 2.24) is 10.2 Å². The van der Waals surface area contributed by atoms with E-state index in [2.05, 4.69) is 15.5 Å². The first-order chi connectivity index (χ1) is 14.4. The highest BCUT2D eigenvalue weighted by Crippen LogP contribution is 2.34. The number of alkyl halides is 3. The molecular formula is C21H18F3N3O2S. The standard InChI is InChI=1S/C21H18F3N3O2S/c1-2-29-15-9-7-14(8-10-15)17-11-12-20(27-26-17)30-13-19(28)25-18-6-4-3-5-16(18)21(22,23)24/h3-12H,2,13H2,1H3,(H,25,28). The Bertz CT molecular complexity index is 994. The lowest BCUT2D eigenvalue weighted by atomic mass is 10.1. The van der Waals surface area contributed by atoms with Crippen molar-refractivity contribution in [2.75, 3.05) is 17.7 Å². The molecule has 1 amide bonds. The third-order valence-corrected chi connectivity index (χ3v) is 4.88. The molecule has 0 saturated heterocycles. The number of nitrogens with one attached hydrogen (secondary N) is 1. The van der Waals surface area contributed by atoms with Crippen LogP contribution in [0.2, 0.25) is 0 Å². The summed E-state index contributed by atoms with van der Waals surface area (Å²) in [6.45, 7) is 2.49. The van der Waals surface area contributed by atoms with Crippen LogP contribution >= 0.6 is 11.8 Å². The summed E-state index contributed by atoms with van der Waals surface area (Å²) >= 11 is 1.09. The van der Waals surface area contributed by atoms with Crippen LogP contribution in [0.5, 0.6) is 5.75 Å². The van der Waals surface area contributed by atoms with Crippen molar-refractivity contribution in [2.24, 2.45) is 0 Å². The molecule has 0 aliphatic carbocycles. The van der Waals surface area contributed by atoms with Crippen LogP contribution in [0.4, 0.5) is 18.9 Å². The number of rotatable bonds is 7. The molecule has 0 saturated carbocycles. The zero-order valence-electron chi connectivity index (χ0n) is 15.9. The number of hydrogen-bond donors (Lipinski definition) is 1. The zero-order valence-corrected chi connectivity index (χ0v) is 16.8. The molecule has 2 aromatic carbocycles. The summed E-state index contributed by atoms with van der Waals surface area (Å²) in [5.41, 5.74) is 0.366. The topological polar surface area (TPSA) is 64.1 Å². The lowest BCUT2D eigenvalue weighted by molar-refractivity contribution is -0.137. The Kier molecular flexibility index (Phi) is 6.94. The van der Waals surface area contributed by atoms with Gasteiger partial charge in [-0.25, -0.2) is 0 Å². The predicted octanol–water partition coefficient (Wildman–Crippen LogP) is 5.29. The van der Waals surface area contributed by atoms with E-state index in [4.69, 9.17) is 4.74 Å². The van der Waals surface area contributed by atoms with Crippen LogP contribution in [0.3, 0.4) is 0 Å². The fourth-order valence-corrected chi connectivity index (χ4v) is 3.22. The van der Waals surface area contributed by atoms with Crippen molar-refractivity contribution < 1.29 is 22.7 Å². The number of para-hydroxylation sites is 1. The first-order valence-electron chi connectivity index (χ1n) is 9.02. The Morgan fingerprint density at radius 3 is 2.40 bits per heavy atom. The van der Waals surface area contributed by atoms with E-state index < -0.39 is 17.6 Å². The van der Waals surface area contributed by atoms with Gasteiger partial charge in [-0.3, -0.25) is 4.79 Å². The third-order valence-electron chi connectivity index (χ3n) is 3.96. The summed E-state index contributed by atoms with van der Waals surface area (Å²) in [5, 5.41) is 11.0. The monoisotopic (exact) mass is 433 g/mol. The molecule has 1 heterocycles. The van der Waals surface area contributed by atoms with E-state index in [1.54, 1.807) is 12.1 Å². The van der Waals surface area contributed by atoms with Gasteiger partial charge < -0.3 is 10.1 Å². The van der Waals surface area contributed by atoms with Crippen molar-refractivity contribution in [3.63, 3.8) is 0 Å². The van der Waals surface area contributed by atoms with Gasteiger partial charge in [0.2, 0.25) is 5.91 Å². The molecule has 0 fully saturated rings. The minimum Gasteiger partial charge on any atom is -0.494 e. The molecule has 0 bridgehead atoms. The van der Waals surface area contributed by atoms with Crippen molar-refractivity contribution in [3.8, 4) is 17.0 Å². The number of hydrogen-bond acceptors (Lipinski definition) is 5. The molecule has 0 unspecified atom stereocenters. The number of anilines is 1. The average Bonchev–Trinajstić information content (AvgIpc) is 2.73. The van der Waals surface area contributed by atoms with E-state index in [1.807, 2.05) is 31.2 Å². The highest BCUT2D eigenvalue weighted by atomic mass is 32.2. The molecule has 0 radical (unpaired) electrons. The third kappa shape index (κ3) is 5.73. The van der Waals surface area contributed by atoms with Gasteiger partial charge in [-0.1, -0.05) is 23.9 Å². The van der Waals surface area contributed by atoms with Crippen LogP contribution in [-0.4, -0.2) is 28.5 Å². The van der Waals surface area contributed by atoms with Crippen LogP contribution in [0.15, 0.2) is 65.7 Å². The number of nitrogens with zero attached hydrogens (tertiary/aromatic N) is 2. The largest absolute Gasteiger partial charge is 0.494 e. The van der Waals surface area contributed by atoms with E-state index in [9.17, 15) is 18.0 Å². The fraction of sp³-hybridized carbons (Fsp3) is 0.190. The maximum atomic E-state index is 13.0. The molecule has 1 aromatic heterocycles. The molecule has 0 aliphatic rings. The van der Waals surface area contributed by atoms with Gasteiger partial charge in [-0.15, -0.1) is 10.2 Å². The maximum absolute atomic E-state index is 13.0. The van der Waals surface area contributed by atoms with Crippen molar-refractivity contribution >= 4 is 23.4 Å². The number of halogens is 3. The molecular weight excluding hydrogens is 415 g/mol. The molecule has 0 aliphatic heterocycles. The SMILES string of the molecule is CCOc1ccc(-c2ccc(SCC(=O)Nc3ccccc3C(F)(F)F)nn2)cc1. The molecule has 30 heavy (non-hydrogen) atoms. The number of benzene rings is 2. The van der Waals surface area contributed by atoms with Crippen LogP contribution in [0.1, 0.15) is 12.5 Å². The van der Waals surface area contributed by atoms with Gasteiger partial charge in [0.05, 0.1) is 29.3 Å². The summed E-state index contributed by atoms with van der Waals surface area (Å²) in [4.78, 5) is 12.1. The normalized spacial score (nSPS) is 11.2. The van der Waals surface area contributed by atoms with E-state index in [0.717, 1.165) is 29.1 Å². The number of carbonyl (C=O) groups is 1. The Morgan fingerprint density at radius 2 is 1.77 bits per heavy atom. The van der Waals surface area contributed by atoms with E-state index >= 15 is 0 Å². The summed E-state index contributed by atoms with van der Waals surface area (Å²) in [7, 11) is 0. The molecule has 1 N–H and O–H groups in total. The summed E-state index contributed by atoms with van der Waals surface area (Å²) in [6, 6.07) is 15.7. The highest BCUT2D eigenvalue weighted by molar-refractivity contribution is 7.99. The lowest BCUT2D eigenvalue weighted by Crippen LogP contribution is -2.18. The van der Waals surface area contributed by atoms with Crippen LogP contribution in [0, 0.1) is 0 Å². The Morgan fingerprint density at radius 1 is 1.03 bits per heavy atom. The Hall–Kier alpha value is -3.07. The van der Waals surface area contributed by atoms with Gasteiger partial charge in [0, 0.05) is 5.56 Å². The minimum atomic E-state index is -4.54. The second kappa shape index (κ2) is 9.62. The molecule has 9 heteroatoms. The number of thioether (sulfide) groups is 1. The zero-order chi connectivity index (χ0) is 21.6. The van der Waals surface area contributed by atoms with Crippen LogP contribution < -0.4 is 10.1 Å². The summed E-state index contributed by atoms with van der Waals surface area (Å²) < 4.78 is 44.4. The quantitative estimate of drug-likeness (QED) is 0.513. The number of aromatic nitrogens is 2. The number of amides is 1. The summed E-state index contributed by atoms with van der Waals surface area (Å²) in [6.07, 6.45) is -4.54. The first kappa shape index (κ1) is 21.6. The fourth-order valence-electron chi connectivity index (χ4n) is 2.60. The van der Waals surface area contributed by atoms with Crippen molar-refractivity contribution in [1.29, 1.82) is 0 Å². The van der Waals surface area contributed by atoms with Gasteiger partial charge in [0.25, 0.3) is 0 Å². The predicted molar refractivity (Wildman–Crippen MR) is 109 cm³/mol. The highest BCUT2D eigenvalue weighted by Gasteiger charge is 2.33. The number of ether oxygens (including phenoxy) is 1. The Balaban J connectivity index is 1.58. The van der Waals surface area contributed by atoms with Gasteiger partial charge in [-0.2, -0.15) is 13.2 Å². The van der Waals surface area contributed by atoms with Crippen molar-refractivity contribution in [2.45, 2.75) is 18.1 Å². The van der Waals surface area contributed by atoms with E-state index in [-0.39, 0.29) is 11.4 Å². The van der Waals surface area contributed by atoms with E-state index in [0.29, 0.717) is 17.3 Å². The van der Waals surface area contributed by atoms with Crippen LogP contribution in [-0.2, 0) is 11.0 Å². The Labute approximate surface area is 175 Å². The molecule has 156 valence electrons. The van der Waals surface area contributed by atoms with Crippen LogP contribution in [0.25, 0.3) is 11.3 Å². The smallest absolute Gasteiger partial charge is 0.418 e. The van der Waals surface area contributed by atoms with Crippen molar-refractivity contribution in [3.05, 3.63) is 66.2 Å². The molecule has 3 aromatic rings. The molecule has 5 nitrogen and oxygen atoms in total. The average molecular weight is 433 g/mol. The second-order valence-corrected chi connectivity index (χ2v) is 7.09.